The van der Waals surface area contributed by atoms with Gasteiger partial charge in [-0.05, 0) is 37.1 Å². The van der Waals surface area contributed by atoms with Crippen molar-refractivity contribution in [1.82, 2.24) is 20.3 Å². The summed E-state index contributed by atoms with van der Waals surface area (Å²) in [5.41, 5.74) is 1.78. The molecule has 0 bridgehead atoms. The van der Waals surface area contributed by atoms with Crippen LogP contribution < -0.4 is 10.2 Å². The average molecular weight is 456 g/mol. The summed E-state index contributed by atoms with van der Waals surface area (Å²) >= 11 is 5.94. The normalized spacial score (nSPS) is 15.2. The molecule has 10 heteroatoms. The zero-order valence-corrected chi connectivity index (χ0v) is 17.9. The second-order valence-corrected chi connectivity index (χ2v) is 7.55. The Balaban J connectivity index is 1.69. The van der Waals surface area contributed by atoms with Crippen LogP contribution in [0.15, 0.2) is 60.0 Å². The van der Waals surface area contributed by atoms with Crippen LogP contribution in [0.2, 0.25) is 0 Å². The quantitative estimate of drug-likeness (QED) is 0.545. The smallest absolute Gasteiger partial charge is 0.248 e. The van der Waals surface area contributed by atoms with E-state index in [-0.39, 0.29) is 17.8 Å². The third-order valence-corrected chi connectivity index (χ3v) is 5.44. The maximum Gasteiger partial charge on any atom is 0.248 e. The van der Waals surface area contributed by atoms with Crippen LogP contribution in [0.4, 0.5) is 5.69 Å². The Hall–Kier alpha value is -3.30. The fourth-order valence-corrected chi connectivity index (χ4v) is 3.77. The van der Waals surface area contributed by atoms with Crippen LogP contribution in [0.25, 0.3) is 11.3 Å². The van der Waals surface area contributed by atoms with Crippen LogP contribution in [-0.2, 0) is 14.3 Å². The number of aromatic nitrogens is 3. The first kappa shape index (κ1) is 21.9. The third-order valence-electron chi connectivity index (χ3n) is 5.22. The molecule has 32 heavy (non-hydrogen) atoms. The van der Waals surface area contributed by atoms with Crippen molar-refractivity contribution in [2.24, 2.45) is 0 Å². The molecule has 1 fully saturated rings. The lowest BCUT2D eigenvalue weighted by molar-refractivity contribution is -0.126. The molecule has 1 aromatic carbocycles. The summed E-state index contributed by atoms with van der Waals surface area (Å²) in [6.45, 7) is 1.16. The molecule has 1 saturated heterocycles. The standard InChI is InChI=1S/C22H22ClN5O4/c23-9-20(29)28(18-3-1-15(2-4-18)19-12-26-14-32-19)21(16-10-24-13-25-11-16)22(30)27-17-5-7-31-8-6-17/h1-4,10-14,17,21H,5-9H2,(H,27,30). The minimum atomic E-state index is -0.985. The van der Waals surface area contributed by atoms with Crippen LogP contribution in [0.5, 0.6) is 0 Å². The Morgan fingerprint density at radius 3 is 2.44 bits per heavy atom. The third kappa shape index (κ3) is 4.95. The molecule has 1 atom stereocenters. The summed E-state index contributed by atoms with van der Waals surface area (Å²) in [5.74, 6) is -0.449. The molecule has 3 aromatic rings. The number of hydrogen-bond donors (Lipinski definition) is 1. The first-order valence-corrected chi connectivity index (χ1v) is 10.7. The van der Waals surface area contributed by atoms with Crippen molar-refractivity contribution in [3.63, 3.8) is 0 Å². The van der Waals surface area contributed by atoms with E-state index in [2.05, 4.69) is 20.3 Å². The lowest BCUT2D eigenvalue weighted by Gasteiger charge is -2.32. The van der Waals surface area contributed by atoms with E-state index >= 15 is 0 Å². The van der Waals surface area contributed by atoms with Crippen molar-refractivity contribution in [2.75, 3.05) is 24.0 Å². The minimum absolute atomic E-state index is 0.0369. The number of carbonyl (C=O) groups is 2. The molecule has 1 unspecified atom stereocenters. The van der Waals surface area contributed by atoms with Crippen molar-refractivity contribution < 1.29 is 18.7 Å². The zero-order valence-electron chi connectivity index (χ0n) is 17.2. The maximum absolute atomic E-state index is 13.4. The van der Waals surface area contributed by atoms with Gasteiger partial charge in [-0.25, -0.2) is 15.0 Å². The minimum Gasteiger partial charge on any atom is -0.444 e. The Bertz CT molecular complexity index is 1020. The molecule has 1 N–H and O–H groups in total. The second kappa shape index (κ2) is 10.3. The summed E-state index contributed by atoms with van der Waals surface area (Å²) in [6, 6.07) is 6.03. The fourth-order valence-electron chi connectivity index (χ4n) is 3.64. The van der Waals surface area contributed by atoms with Gasteiger partial charge in [0.25, 0.3) is 0 Å². The van der Waals surface area contributed by atoms with Gasteiger partial charge in [0, 0.05) is 48.5 Å². The van der Waals surface area contributed by atoms with Crippen molar-refractivity contribution in [3.05, 3.63) is 61.1 Å². The Morgan fingerprint density at radius 2 is 1.81 bits per heavy atom. The van der Waals surface area contributed by atoms with Crippen LogP contribution in [0.3, 0.4) is 0 Å². The number of halogens is 1. The molecule has 0 saturated carbocycles. The average Bonchev–Trinajstić information content (AvgIpc) is 3.38. The molecule has 0 spiro atoms. The number of carbonyl (C=O) groups excluding carboxylic acids is 2. The molecule has 1 aliphatic heterocycles. The van der Waals surface area contributed by atoms with E-state index in [1.54, 1.807) is 30.5 Å². The number of anilines is 1. The molecule has 166 valence electrons. The molecule has 0 aliphatic carbocycles. The largest absolute Gasteiger partial charge is 0.444 e. The fraction of sp³-hybridized carbons (Fsp3) is 0.318. The molecular weight excluding hydrogens is 434 g/mol. The molecule has 1 aliphatic rings. The van der Waals surface area contributed by atoms with E-state index in [0.29, 0.717) is 43.1 Å². The van der Waals surface area contributed by atoms with E-state index in [0.717, 1.165) is 5.56 Å². The van der Waals surface area contributed by atoms with Crippen LogP contribution >= 0.6 is 11.6 Å². The van der Waals surface area contributed by atoms with Gasteiger partial charge in [0.1, 0.15) is 18.2 Å². The van der Waals surface area contributed by atoms with E-state index in [4.69, 9.17) is 20.8 Å². The molecule has 0 radical (unpaired) electrons. The van der Waals surface area contributed by atoms with Crippen LogP contribution in [-0.4, -0.2) is 51.9 Å². The van der Waals surface area contributed by atoms with E-state index < -0.39 is 11.9 Å². The van der Waals surface area contributed by atoms with E-state index in [1.165, 1.54) is 30.0 Å². The highest BCUT2D eigenvalue weighted by Gasteiger charge is 2.34. The van der Waals surface area contributed by atoms with E-state index in [9.17, 15) is 9.59 Å². The summed E-state index contributed by atoms with van der Waals surface area (Å²) in [5, 5.41) is 3.05. The lowest BCUT2D eigenvalue weighted by atomic mass is 10.0. The molecule has 3 heterocycles. The van der Waals surface area contributed by atoms with Gasteiger partial charge in [0.2, 0.25) is 11.8 Å². The van der Waals surface area contributed by atoms with Gasteiger partial charge >= 0.3 is 0 Å². The van der Waals surface area contributed by atoms with Crippen molar-refractivity contribution in [1.29, 1.82) is 0 Å². The van der Waals surface area contributed by atoms with Crippen molar-refractivity contribution >= 4 is 29.1 Å². The number of benzene rings is 1. The molecule has 4 rings (SSSR count). The van der Waals surface area contributed by atoms with Gasteiger partial charge in [0.15, 0.2) is 12.2 Å². The Kier molecular flexibility index (Phi) is 7.08. The van der Waals surface area contributed by atoms with Crippen LogP contribution in [0.1, 0.15) is 24.4 Å². The predicted molar refractivity (Wildman–Crippen MR) is 117 cm³/mol. The number of alkyl halides is 1. The maximum atomic E-state index is 13.4. The zero-order chi connectivity index (χ0) is 22.3. The summed E-state index contributed by atoms with van der Waals surface area (Å²) in [6.07, 6.45) is 8.78. The van der Waals surface area contributed by atoms with Crippen molar-refractivity contribution in [3.8, 4) is 11.3 Å². The second-order valence-electron chi connectivity index (χ2n) is 7.28. The Morgan fingerprint density at radius 1 is 1.09 bits per heavy atom. The SMILES string of the molecule is O=C(NC1CCOCC1)C(c1cncnc1)N(C(=O)CCl)c1ccc(-c2cnco2)cc1. The highest BCUT2D eigenvalue weighted by atomic mass is 35.5. The summed E-state index contributed by atoms with van der Waals surface area (Å²) < 4.78 is 10.7. The van der Waals surface area contributed by atoms with Gasteiger partial charge in [-0.15, -0.1) is 11.6 Å². The Labute approximate surface area is 189 Å². The number of nitrogens with zero attached hydrogens (tertiary/aromatic N) is 4. The number of rotatable bonds is 7. The van der Waals surface area contributed by atoms with Gasteiger partial charge in [-0.2, -0.15) is 0 Å². The molecular formula is C22H22ClN5O4. The highest BCUT2D eigenvalue weighted by Crippen LogP contribution is 2.30. The molecule has 2 amide bonds. The monoisotopic (exact) mass is 455 g/mol. The first-order valence-electron chi connectivity index (χ1n) is 10.2. The summed E-state index contributed by atoms with van der Waals surface area (Å²) in [7, 11) is 0. The van der Waals surface area contributed by atoms with Gasteiger partial charge in [-0.3, -0.25) is 14.5 Å². The first-order chi connectivity index (χ1) is 15.7. The number of oxazole rings is 1. The predicted octanol–water partition coefficient (Wildman–Crippen LogP) is 2.74. The number of ether oxygens (including phenoxy) is 1. The summed E-state index contributed by atoms with van der Waals surface area (Å²) in [4.78, 5) is 39.8. The van der Waals surface area contributed by atoms with E-state index in [1.807, 2.05) is 0 Å². The highest BCUT2D eigenvalue weighted by molar-refractivity contribution is 6.29. The van der Waals surface area contributed by atoms with Gasteiger partial charge in [0.05, 0.1) is 6.20 Å². The van der Waals surface area contributed by atoms with Crippen molar-refractivity contribution in [2.45, 2.75) is 24.9 Å². The molecule has 9 nitrogen and oxygen atoms in total. The number of amides is 2. The van der Waals surface area contributed by atoms with Crippen LogP contribution in [0, 0.1) is 0 Å². The van der Waals surface area contributed by atoms with Gasteiger partial charge < -0.3 is 14.5 Å². The van der Waals surface area contributed by atoms with Gasteiger partial charge in [-0.1, -0.05) is 0 Å². The number of nitrogens with one attached hydrogen (secondary N) is 1. The number of hydrogen-bond acceptors (Lipinski definition) is 7. The molecule has 2 aromatic heterocycles. The lowest BCUT2D eigenvalue weighted by Crippen LogP contribution is -2.48. The topological polar surface area (TPSA) is 110 Å².